The second kappa shape index (κ2) is 7.27. The van der Waals surface area contributed by atoms with Crippen molar-refractivity contribution in [2.24, 2.45) is 11.8 Å². The second-order valence-corrected chi connectivity index (χ2v) is 5.96. The molecule has 0 bridgehead atoms. The number of nitrogens with two attached hydrogens (primary N) is 1. The predicted octanol–water partition coefficient (Wildman–Crippen LogP) is 3.42. The fraction of sp³-hybridized carbons (Fsp3) is 0.786. The van der Waals surface area contributed by atoms with Crippen LogP contribution in [0.2, 0.25) is 5.02 Å². The molecule has 1 aliphatic rings. The van der Waals surface area contributed by atoms with Crippen LogP contribution in [0.3, 0.4) is 0 Å². The fourth-order valence-corrected chi connectivity index (χ4v) is 3.38. The summed E-state index contributed by atoms with van der Waals surface area (Å²) in [4.78, 5) is 0. The second-order valence-electron chi connectivity index (χ2n) is 5.55. The highest BCUT2D eigenvalue weighted by Crippen LogP contribution is 2.32. The van der Waals surface area contributed by atoms with Crippen LogP contribution in [0.15, 0.2) is 6.20 Å². The molecule has 0 radical (unpaired) electrons. The molecule has 4 nitrogen and oxygen atoms in total. The molecule has 1 saturated carbocycles. The van der Waals surface area contributed by atoms with Crippen molar-refractivity contribution in [1.29, 1.82) is 0 Å². The molecule has 0 amide bonds. The Morgan fingerprint density at radius 1 is 1.53 bits per heavy atom. The number of halogens is 1. The highest BCUT2D eigenvalue weighted by Gasteiger charge is 2.22. The summed E-state index contributed by atoms with van der Waals surface area (Å²) in [6, 6.07) is 0.113. The minimum absolute atomic E-state index is 0.113. The van der Waals surface area contributed by atoms with Crippen LogP contribution in [0.25, 0.3) is 0 Å². The number of aromatic nitrogens is 2. The summed E-state index contributed by atoms with van der Waals surface area (Å²) in [5, 5.41) is 5.07. The van der Waals surface area contributed by atoms with Crippen LogP contribution in [0.1, 0.15) is 63.6 Å². The van der Waals surface area contributed by atoms with Gasteiger partial charge in [0, 0.05) is 6.54 Å². The van der Waals surface area contributed by atoms with Crippen LogP contribution in [0.4, 0.5) is 0 Å². The zero-order valence-electron chi connectivity index (χ0n) is 11.7. The topological polar surface area (TPSA) is 55.9 Å². The Balaban J connectivity index is 2.01. The first-order chi connectivity index (χ1) is 9.26. The van der Waals surface area contributed by atoms with E-state index in [1.54, 1.807) is 6.20 Å². The maximum Gasteiger partial charge on any atom is 0.0834 e. The molecule has 3 N–H and O–H groups in total. The van der Waals surface area contributed by atoms with Gasteiger partial charge in [0.1, 0.15) is 0 Å². The van der Waals surface area contributed by atoms with Gasteiger partial charge in [-0.25, -0.2) is 0 Å². The number of nitrogens with zero attached hydrogens (tertiary/aromatic N) is 2. The lowest BCUT2D eigenvalue weighted by atomic mass is 9.97. The van der Waals surface area contributed by atoms with E-state index in [2.05, 4.69) is 17.4 Å². The quantitative estimate of drug-likeness (QED) is 0.596. The Hall–Kier alpha value is -0.580. The van der Waals surface area contributed by atoms with Crippen molar-refractivity contribution in [3.63, 3.8) is 0 Å². The molecule has 1 fully saturated rings. The van der Waals surface area contributed by atoms with Crippen LogP contribution in [0, 0.1) is 5.92 Å². The Kier molecular flexibility index (Phi) is 5.67. The normalized spacial score (nSPS) is 18.1. The number of hydrogen-bond acceptors (Lipinski definition) is 3. The molecule has 108 valence electrons. The van der Waals surface area contributed by atoms with Crippen molar-refractivity contribution >= 4 is 11.6 Å². The van der Waals surface area contributed by atoms with Crippen LogP contribution >= 0.6 is 11.6 Å². The third kappa shape index (κ3) is 3.71. The fourth-order valence-electron chi connectivity index (χ4n) is 3.11. The highest BCUT2D eigenvalue weighted by atomic mass is 35.5. The van der Waals surface area contributed by atoms with Crippen molar-refractivity contribution in [2.45, 2.75) is 64.5 Å². The lowest BCUT2D eigenvalue weighted by molar-refractivity contribution is 0.395. The molecular formula is C14H25ClN4. The van der Waals surface area contributed by atoms with Gasteiger partial charge in [0.2, 0.25) is 0 Å². The zero-order chi connectivity index (χ0) is 13.7. The van der Waals surface area contributed by atoms with Gasteiger partial charge in [0.25, 0.3) is 0 Å². The van der Waals surface area contributed by atoms with Gasteiger partial charge in [-0.2, -0.15) is 5.10 Å². The van der Waals surface area contributed by atoms with Gasteiger partial charge in [-0.3, -0.25) is 16.0 Å². The van der Waals surface area contributed by atoms with Crippen molar-refractivity contribution in [2.75, 3.05) is 0 Å². The average molecular weight is 285 g/mol. The van der Waals surface area contributed by atoms with E-state index >= 15 is 0 Å². The highest BCUT2D eigenvalue weighted by molar-refractivity contribution is 6.31. The van der Waals surface area contributed by atoms with Gasteiger partial charge in [0.05, 0.1) is 23.0 Å². The molecule has 19 heavy (non-hydrogen) atoms. The molecule has 1 aromatic rings. The first-order valence-corrected chi connectivity index (χ1v) is 7.81. The Bertz CT molecular complexity index is 385. The summed E-state index contributed by atoms with van der Waals surface area (Å²) >= 11 is 6.27. The van der Waals surface area contributed by atoms with Crippen molar-refractivity contribution in [3.8, 4) is 0 Å². The molecule has 0 spiro atoms. The third-order valence-electron chi connectivity index (χ3n) is 4.14. The van der Waals surface area contributed by atoms with Crippen molar-refractivity contribution in [3.05, 3.63) is 16.9 Å². The van der Waals surface area contributed by atoms with E-state index in [4.69, 9.17) is 17.4 Å². The summed E-state index contributed by atoms with van der Waals surface area (Å²) in [6.07, 6.45) is 10.6. The molecule has 1 aliphatic carbocycles. The van der Waals surface area contributed by atoms with Gasteiger partial charge >= 0.3 is 0 Å². The number of hydrogen-bond donors (Lipinski definition) is 2. The molecule has 1 heterocycles. The molecular weight excluding hydrogens is 260 g/mol. The lowest BCUT2D eigenvalue weighted by Crippen LogP contribution is -2.30. The Labute approximate surface area is 120 Å². The summed E-state index contributed by atoms with van der Waals surface area (Å²) in [5.41, 5.74) is 3.97. The van der Waals surface area contributed by atoms with Crippen LogP contribution in [-0.4, -0.2) is 9.78 Å². The number of hydrazine groups is 1. The molecule has 1 atom stereocenters. The first kappa shape index (κ1) is 14.8. The zero-order valence-corrected chi connectivity index (χ0v) is 12.5. The minimum atomic E-state index is 0.113. The maximum absolute atomic E-state index is 6.27. The van der Waals surface area contributed by atoms with E-state index in [1.165, 1.54) is 32.1 Å². The van der Waals surface area contributed by atoms with E-state index in [1.807, 2.05) is 4.68 Å². The standard InChI is InChI=1S/C14H25ClN4/c1-2-9-19-14(12(15)10-17-19)13(18-16)8-7-11-5-3-4-6-11/h10-11,13,18H,2-9,16H2,1H3. The first-order valence-electron chi connectivity index (χ1n) is 7.43. The molecule has 5 heteroatoms. The maximum atomic E-state index is 6.27. The lowest BCUT2D eigenvalue weighted by Gasteiger charge is -2.20. The summed E-state index contributed by atoms with van der Waals surface area (Å²) in [6.45, 7) is 3.03. The van der Waals surface area contributed by atoms with Gasteiger partial charge < -0.3 is 0 Å². The van der Waals surface area contributed by atoms with Crippen molar-refractivity contribution < 1.29 is 0 Å². The van der Waals surface area contributed by atoms with Gasteiger partial charge in [-0.05, 0) is 25.2 Å². The molecule has 1 aromatic heterocycles. The van der Waals surface area contributed by atoms with Crippen LogP contribution in [-0.2, 0) is 6.54 Å². The average Bonchev–Trinajstić information content (AvgIpc) is 3.03. The molecule has 0 aliphatic heterocycles. The van der Waals surface area contributed by atoms with Gasteiger partial charge in [-0.1, -0.05) is 44.2 Å². The molecule has 2 rings (SSSR count). The van der Waals surface area contributed by atoms with E-state index in [0.29, 0.717) is 0 Å². The van der Waals surface area contributed by atoms with Crippen LogP contribution < -0.4 is 11.3 Å². The monoisotopic (exact) mass is 284 g/mol. The summed E-state index contributed by atoms with van der Waals surface area (Å²) in [7, 11) is 0. The third-order valence-corrected chi connectivity index (χ3v) is 4.43. The Morgan fingerprint density at radius 3 is 2.89 bits per heavy atom. The van der Waals surface area contributed by atoms with Gasteiger partial charge in [0.15, 0.2) is 0 Å². The van der Waals surface area contributed by atoms with E-state index in [-0.39, 0.29) is 6.04 Å². The van der Waals surface area contributed by atoms with E-state index < -0.39 is 0 Å². The number of nitrogens with one attached hydrogen (secondary N) is 1. The molecule has 0 aromatic carbocycles. The molecule has 1 unspecified atom stereocenters. The van der Waals surface area contributed by atoms with E-state index in [0.717, 1.165) is 36.0 Å². The number of aryl methyl sites for hydroxylation is 1. The van der Waals surface area contributed by atoms with E-state index in [9.17, 15) is 0 Å². The largest absolute Gasteiger partial charge is 0.271 e. The summed E-state index contributed by atoms with van der Waals surface area (Å²) in [5.74, 6) is 6.61. The summed E-state index contributed by atoms with van der Waals surface area (Å²) < 4.78 is 1.99. The smallest absolute Gasteiger partial charge is 0.0834 e. The minimum Gasteiger partial charge on any atom is -0.271 e. The number of rotatable bonds is 7. The van der Waals surface area contributed by atoms with Crippen molar-refractivity contribution in [1.82, 2.24) is 15.2 Å². The SMILES string of the molecule is CCCn1ncc(Cl)c1C(CCC1CCCC1)NN. The van der Waals surface area contributed by atoms with Gasteiger partial charge in [-0.15, -0.1) is 0 Å². The predicted molar refractivity (Wildman–Crippen MR) is 78.8 cm³/mol. The Morgan fingerprint density at radius 2 is 2.26 bits per heavy atom. The molecule has 0 saturated heterocycles. The van der Waals surface area contributed by atoms with Crippen LogP contribution in [0.5, 0.6) is 0 Å².